The molecule has 4 heterocycles. The van der Waals surface area contributed by atoms with E-state index >= 15 is 0 Å². The maximum atomic E-state index is 13.6. The Morgan fingerprint density at radius 3 is 2.05 bits per heavy atom. The Kier molecular flexibility index (Phi) is 7.88. The van der Waals surface area contributed by atoms with Gasteiger partial charge in [-0.15, -0.1) is 0 Å². The lowest BCUT2D eigenvalue weighted by atomic mass is 9.77. The number of H-pyrrole nitrogens is 2. The minimum atomic E-state index is -3.50. The van der Waals surface area contributed by atoms with Crippen molar-refractivity contribution in [2.45, 2.75) is 81.9 Å². The van der Waals surface area contributed by atoms with Gasteiger partial charge in [-0.25, -0.2) is 18.4 Å². The van der Waals surface area contributed by atoms with Crippen molar-refractivity contribution in [1.82, 2.24) is 34.0 Å². The van der Waals surface area contributed by atoms with Crippen LogP contribution in [0.2, 0.25) is 0 Å². The molecule has 2 aliphatic heterocycles. The summed E-state index contributed by atoms with van der Waals surface area (Å²) in [6.07, 6.45) is 17.2. The van der Waals surface area contributed by atoms with Crippen molar-refractivity contribution < 1.29 is 8.42 Å². The normalized spacial score (nSPS) is 21.3. The van der Waals surface area contributed by atoms with Crippen molar-refractivity contribution in [3.63, 3.8) is 0 Å². The standard InChI is InChI=1S/C29H41N7O2S/c37-39(38,36-19-12-29(23-36)10-17-35(18-11-29)25-4-2-1-3-5-25)26-8-6-24(7-9-26)20-34(21-27-30-13-14-31-27)22-28-32-15-16-33-28/h6-9,13-16,25H,1-5,10-12,17-23H2,(H,30,31)(H,32,33). The molecule has 1 saturated carbocycles. The lowest BCUT2D eigenvalue weighted by molar-refractivity contribution is 0.0655. The highest BCUT2D eigenvalue weighted by atomic mass is 32.2. The summed E-state index contributed by atoms with van der Waals surface area (Å²) >= 11 is 0. The summed E-state index contributed by atoms with van der Waals surface area (Å²) < 4.78 is 29.0. The van der Waals surface area contributed by atoms with Crippen molar-refractivity contribution in [3.8, 4) is 0 Å². The average Bonchev–Trinajstić information content (AvgIpc) is 3.74. The topological polar surface area (TPSA) is 101 Å². The number of sulfonamides is 1. The van der Waals surface area contributed by atoms with Gasteiger partial charge in [0.1, 0.15) is 11.6 Å². The first-order valence-corrected chi connectivity index (χ1v) is 16.0. The molecule has 3 aliphatic rings. The number of hydrogen-bond acceptors (Lipinski definition) is 6. The molecule has 1 spiro atoms. The van der Waals surface area contributed by atoms with Crippen molar-refractivity contribution in [2.75, 3.05) is 26.2 Å². The number of nitrogens with one attached hydrogen (secondary N) is 2. The number of aromatic amines is 2. The van der Waals surface area contributed by atoms with Gasteiger partial charge in [0.25, 0.3) is 0 Å². The zero-order valence-electron chi connectivity index (χ0n) is 22.8. The Balaban J connectivity index is 1.08. The molecule has 0 amide bonds. The number of rotatable bonds is 9. The third-order valence-corrected chi connectivity index (χ3v) is 11.0. The van der Waals surface area contributed by atoms with Crippen LogP contribution < -0.4 is 0 Å². The molecular formula is C29H41N7O2S. The number of benzene rings is 1. The summed E-state index contributed by atoms with van der Waals surface area (Å²) in [5, 5.41) is 0. The van der Waals surface area contributed by atoms with Gasteiger partial charge in [-0.1, -0.05) is 31.4 Å². The minimum absolute atomic E-state index is 0.149. The monoisotopic (exact) mass is 551 g/mol. The SMILES string of the molecule is O=S(=O)(c1ccc(CN(Cc2ncc[nH]2)Cc2ncc[nH]2)cc1)N1CCC2(CCN(C3CCCCC3)CC2)C1. The van der Waals surface area contributed by atoms with Gasteiger partial charge in [-0.2, -0.15) is 4.31 Å². The summed E-state index contributed by atoms with van der Waals surface area (Å²) in [6.45, 7) is 5.48. The summed E-state index contributed by atoms with van der Waals surface area (Å²) in [5.41, 5.74) is 1.20. The predicted molar refractivity (Wildman–Crippen MR) is 150 cm³/mol. The quantitative estimate of drug-likeness (QED) is 0.415. The number of aromatic nitrogens is 4. The highest BCUT2D eigenvalue weighted by Gasteiger charge is 2.45. The highest BCUT2D eigenvalue weighted by molar-refractivity contribution is 7.89. The molecule has 1 aliphatic carbocycles. The van der Waals surface area contributed by atoms with Crippen LogP contribution in [0.3, 0.4) is 0 Å². The first-order valence-electron chi connectivity index (χ1n) is 14.5. The van der Waals surface area contributed by atoms with E-state index < -0.39 is 10.0 Å². The van der Waals surface area contributed by atoms with Crippen LogP contribution in [-0.2, 0) is 29.7 Å². The molecule has 0 bridgehead atoms. The third kappa shape index (κ3) is 6.14. The molecule has 3 aromatic rings. The van der Waals surface area contributed by atoms with E-state index in [1.54, 1.807) is 28.8 Å². The van der Waals surface area contributed by atoms with E-state index in [4.69, 9.17) is 0 Å². The lowest BCUT2D eigenvalue weighted by Crippen LogP contribution is -2.47. The number of nitrogens with zero attached hydrogens (tertiary/aromatic N) is 5. The van der Waals surface area contributed by atoms with Crippen LogP contribution in [0.15, 0.2) is 53.9 Å². The van der Waals surface area contributed by atoms with Crippen LogP contribution in [0.4, 0.5) is 0 Å². The van der Waals surface area contributed by atoms with Crippen LogP contribution in [0.5, 0.6) is 0 Å². The molecular weight excluding hydrogens is 510 g/mol. The van der Waals surface area contributed by atoms with Gasteiger partial charge in [0, 0.05) is 50.5 Å². The third-order valence-electron chi connectivity index (χ3n) is 9.18. The van der Waals surface area contributed by atoms with Gasteiger partial charge in [0.15, 0.2) is 0 Å². The van der Waals surface area contributed by atoms with E-state index in [-0.39, 0.29) is 5.41 Å². The molecule has 2 saturated heterocycles. The molecule has 210 valence electrons. The molecule has 1 aromatic carbocycles. The Labute approximate surface area is 232 Å². The van der Waals surface area contributed by atoms with Crippen molar-refractivity contribution in [3.05, 3.63) is 66.3 Å². The molecule has 2 aromatic heterocycles. The van der Waals surface area contributed by atoms with E-state index in [1.165, 1.54) is 32.1 Å². The molecule has 3 fully saturated rings. The first-order chi connectivity index (χ1) is 19.0. The van der Waals surface area contributed by atoms with Gasteiger partial charge in [-0.05, 0) is 68.3 Å². The Hall–Kier alpha value is -2.53. The highest BCUT2D eigenvalue weighted by Crippen LogP contribution is 2.43. The molecule has 0 atom stereocenters. The number of piperidine rings is 1. The van der Waals surface area contributed by atoms with E-state index in [2.05, 4.69) is 29.7 Å². The molecule has 0 radical (unpaired) electrons. The number of hydrogen-bond donors (Lipinski definition) is 2. The number of imidazole rings is 2. The van der Waals surface area contributed by atoms with Crippen LogP contribution in [0.1, 0.15) is 68.6 Å². The van der Waals surface area contributed by atoms with Crippen LogP contribution in [-0.4, -0.2) is 74.7 Å². The van der Waals surface area contributed by atoms with Gasteiger partial charge in [0.2, 0.25) is 10.0 Å². The van der Waals surface area contributed by atoms with Gasteiger partial charge < -0.3 is 14.9 Å². The molecule has 2 N–H and O–H groups in total. The number of likely N-dealkylation sites (tertiary alicyclic amines) is 1. The first kappa shape index (κ1) is 26.7. The largest absolute Gasteiger partial charge is 0.348 e. The van der Waals surface area contributed by atoms with Crippen molar-refractivity contribution >= 4 is 10.0 Å². The minimum Gasteiger partial charge on any atom is -0.348 e. The Morgan fingerprint density at radius 1 is 0.846 bits per heavy atom. The fourth-order valence-corrected chi connectivity index (χ4v) is 8.40. The molecule has 9 nitrogen and oxygen atoms in total. The van der Waals surface area contributed by atoms with Crippen LogP contribution in [0.25, 0.3) is 0 Å². The van der Waals surface area contributed by atoms with E-state index in [1.807, 2.05) is 24.5 Å². The zero-order valence-corrected chi connectivity index (χ0v) is 23.6. The van der Waals surface area contributed by atoms with Crippen molar-refractivity contribution in [2.24, 2.45) is 5.41 Å². The van der Waals surface area contributed by atoms with Gasteiger partial charge in [-0.3, -0.25) is 4.90 Å². The van der Waals surface area contributed by atoms with E-state index in [0.717, 1.165) is 55.6 Å². The summed E-state index contributed by atoms with van der Waals surface area (Å²) in [7, 11) is -3.50. The summed E-state index contributed by atoms with van der Waals surface area (Å²) in [5.74, 6) is 1.77. The van der Waals surface area contributed by atoms with E-state index in [0.29, 0.717) is 37.6 Å². The second kappa shape index (κ2) is 11.5. The second-order valence-corrected chi connectivity index (χ2v) is 13.7. The average molecular weight is 552 g/mol. The van der Waals surface area contributed by atoms with Crippen LogP contribution >= 0.6 is 0 Å². The molecule has 39 heavy (non-hydrogen) atoms. The fourth-order valence-electron chi connectivity index (χ4n) is 6.85. The van der Waals surface area contributed by atoms with Gasteiger partial charge in [0.05, 0.1) is 18.0 Å². The second-order valence-electron chi connectivity index (χ2n) is 11.8. The zero-order chi connectivity index (χ0) is 26.7. The summed E-state index contributed by atoms with van der Waals surface area (Å²) in [4.78, 5) is 20.4. The van der Waals surface area contributed by atoms with Crippen molar-refractivity contribution in [1.29, 1.82) is 0 Å². The van der Waals surface area contributed by atoms with Gasteiger partial charge >= 0.3 is 0 Å². The lowest BCUT2D eigenvalue weighted by Gasteiger charge is -2.43. The predicted octanol–water partition coefficient (Wildman–Crippen LogP) is 4.14. The fraction of sp³-hybridized carbons (Fsp3) is 0.586. The van der Waals surface area contributed by atoms with E-state index in [9.17, 15) is 8.42 Å². The molecule has 10 heteroatoms. The Bertz CT molecular complexity index is 1240. The molecule has 6 rings (SSSR count). The molecule has 0 unspecified atom stereocenters. The Morgan fingerprint density at radius 2 is 1.46 bits per heavy atom. The maximum absolute atomic E-state index is 13.6. The maximum Gasteiger partial charge on any atom is 0.243 e. The van der Waals surface area contributed by atoms with Crippen LogP contribution in [0, 0.1) is 5.41 Å². The smallest absolute Gasteiger partial charge is 0.243 e. The summed E-state index contributed by atoms with van der Waals surface area (Å²) in [6, 6.07) is 8.19.